The zero-order valence-corrected chi connectivity index (χ0v) is 14.4. The van der Waals surface area contributed by atoms with Crippen LogP contribution in [0.3, 0.4) is 0 Å². The highest BCUT2D eigenvalue weighted by Gasteiger charge is 2.22. The van der Waals surface area contributed by atoms with Gasteiger partial charge in [-0.2, -0.15) is 0 Å². The van der Waals surface area contributed by atoms with E-state index >= 15 is 0 Å². The Kier molecular flexibility index (Phi) is 4.53. The molecule has 134 valence electrons. The van der Waals surface area contributed by atoms with Crippen molar-refractivity contribution >= 4 is 16.8 Å². The first-order valence-corrected chi connectivity index (χ1v) is 8.72. The van der Waals surface area contributed by atoms with Gasteiger partial charge in [-0.3, -0.25) is 14.5 Å². The second kappa shape index (κ2) is 7.13. The van der Waals surface area contributed by atoms with Gasteiger partial charge in [0.05, 0.1) is 22.7 Å². The van der Waals surface area contributed by atoms with Crippen LogP contribution in [-0.4, -0.2) is 58.4 Å². The van der Waals surface area contributed by atoms with Crippen molar-refractivity contribution in [2.24, 2.45) is 0 Å². The number of fused-ring (bicyclic) bond motifs is 1. The highest BCUT2D eigenvalue weighted by Crippen LogP contribution is 2.10. The lowest BCUT2D eigenvalue weighted by atomic mass is 10.2. The maximum Gasteiger partial charge on any atom is 0.258 e. The summed E-state index contributed by atoms with van der Waals surface area (Å²) in [7, 11) is 0. The molecule has 1 aliphatic rings. The number of hydrogen-bond donors (Lipinski definition) is 1. The number of hydrogen-bond acceptors (Lipinski definition) is 5. The van der Waals surface area contributed by atoms with Gasteiger partial charge in [0.1, 0.15) is 12.1 Å². The molecule has 3 aromatic rings. The molecular formula is C19H20N4O3. The number of rotatable bonds is 4. The van der Waals surface area contributed by atoms with Crippen LogP contribution in [-0.2, 0) is 6.42 Å². The molecule has 7 heteroatoms. The number of benzene rings is 1. The monoisotopic (exact) mass is 352 g/mol. The third kappa shape index (κ3) is 3.39. The molecule has 0 unspecified atom stereocenters. The van der Waals surface area contributed by atoms with Crippen LogP contribution >= 0.6 is 0 Å². The van der Waals surface area contributed by atoms with Crippen LogP contribution < -0.4 is 5.56 Å². The van der Waals surface area contributed by atoms with Crippen LogP contribution in [0.1, 0.15) is 16.2 Å². The lowest BCUT2D eigenvalue weighted by Crippen LogP contribution is -2.49. The topological polar surface area (TPSA) is 82.4 Å². The first-order chi connectivity index (χ1) is 12.7. The zero-order chi connectivity index (χ0) is 17.9. The number of aromatic nitrogens is 2. The number of nitrogens with zero attached hydrogens (tertiary/aromatic N) is 3. The fraction of sp³-hybridized carbons (Fsp3) is 0.316. The first kappa shape index (κ1) is 16.5. The Balaban J connectivity index is 1.34. The standard InChI is InChI=1S/C19H20N4O3/c24-18-15-3-1-2-4-16(15)20-17(21-18)5-7-22-8-10-23(11-9-22)19(25)14-6-12-26-13-14/h1-4,6,12-13H,5,7-11H2,(H,20,21,24). The van der Waals surface area contributed by atoms with E-state index in [2.05, 4.69) is 14.9 Å². The zero-order valence-electron chi connectivity index (χ0n) is 14.4. The molecule has 0 spiro atoms. The molecule has 26 heavy (non-hydrogen) atoms. The highest BCUT2D eigenvalue weighted by atomic mass is 16.3. The number of nitrogens with one attached hydrogen (secondary N) is 1. The maximum absolute atomic E-state index is 12.3. The van der Waals surface area contributed by atoms with Gasteiger partial charge in [-0.25, -0.2) is 4.98 Å². The van der Waals surface area contributed by atoms with Gasteiger partial charge in [0, 0.05) is 39.1 Å². The van der Waals surface area contributed by atoms with Crippen molar-refractivity contribution in [3.63, 3.8) is 0 Å². The van der Waals surface area contributed by atoms with Gasteiger partial charge in [0.2, 0.25) is 0 Å². The van der Waals surface area contributed by atoms with E-state index in [-0.39, 0.29) is 11.5 Å². The lowest BCUT2D eigenvalue weighted by Gasteiger charge is -2.34. The minimum absolute atomic E-state index is 0.0129. The molecule has 0 bridgehead atoms. The van der Waals surface area contributed by atoms with Gasteiger partial charge in [-0.05, 0) is 18.2 Å². The van der Waals surface area contributed by atoms with Crippen molar-refractivity contribution in [2.45, 2.75) is 6.42 Å². The summed E-state index contributed by atoms with van der Waals surface area (Å²) in [6.07, 6.45) is 3.67. The number of carbonyl (C=O) groups is 1. The molecule has 1 aliphatic heterocycles. The first-order valence-electron chi connectivity index (χ1n) is 8.72. The molecule has 1 N–H and O–H groups in total. The molecule has 1 fully saturated rings. The molecule has 7 nitrogen and oxygen atoms in total. The quantitative estimate of drug-likeness (QED) is 0.770. The smallest absolute Gasteiger partial charge is 0.258 e. The third-order valence-electron chi connectivity index (χ3n) is 4.75. The summed E-state index contributed by atoms with van der Waals surface area (Å²) >= 11 is 0. The number of aromatic amines is 1. The predicted octanol–water partition coefficient (Wildman–Crippen LogP) is 1.52. The van der Waals surface area contributed by atoms with Gasteiger partial charge in [-0.15, -0.1) is 0 Å². The number of piperazine rings is 1. The minimum Gasteiger partial charge on any atom is -0.472 e. The number of amides is 1. The van der Waals surface area contributed by atoms with Crippen molar-refractivity contribution in [2.75, 3.05) is 32.7 Å². The summed E-state index contributed by atoms with van der Waals surface area (Å²) in [6.45, 7) is 3.79. The molecule has 0 saturated carbocycles. The largest absolute Gasteiger partial charge is 0.472 e. The second-order valence-corrected chi connectivity index (χ2v) is 6.43. The van der Waals surface area contributed by atoms with Crippen LogP contribution in [0.15, 0.2) is 52.1 Å². The Morgan fingerprint density at radius 2 is 1.96 bits per heavy atom. The molecule has 0 aliphatic carbocycles. The van der Waals surface area contributed by atoms with E-state index in [4.69, 9.17) is 4.42 Å². The number of H-pyrrole nitrogens is 1. The van der Waals surface area contributed by atoms with Crippen LogP contribution in [0, 0.1) is 0 Å². The normalized spacial score (nSPS) is 15.5. The van der Waals surface area contributed by atoms with E-state index < -0.39 is 0 Å². The molecular weight excluding hydrogens is 332 g/mol. The van der Waals surface area contributed by atoms with Crippen LogP contribution in [0.5, 0.6) is 0 Å². The van der Waals surface area contributed by atoms with Gasteiger partial charge < -0.3 is 14.3 Å². The van der Waals surface area contributed by atoms with Crippen molar-refractivity contribution in [1.29, 1.82) is 0 Å². The van der Waals surface area contributed by atoms with Crippen molar-refractivity contribution < 1.29 is 9.21 Å². The van der Waals surface area contributed by atoms with Crippen LogP contribution in [0.2, 0.25) is 0 Å². The summed E-state index contributed by atoms with van der Waals surface area (Å²) in [5, 5.41) is 0.614. The van der Waals surface area contributed by atoms with E-state index in [1.165, 1.54) is 12.5 Å². The van der Waals surface area contributed by atoms with Gasteiger partial charge in [0.25, 0.3) is 11.5 Å². The maximum atomic E-state index is 12.3. The average Bonchev–Trinajstić information content (AvgIpc) is 3.21. The van der Waals surface area contributed by atoms with Crippen molar-refractivity contribution in [1.82, 2.24) is 19.8 Å². The fourth-order valence-electron chi connectivity index (χ4n) is 3.26. The van der Waals surface area contributed by atoms with Crippen LogP contribution in [0.25, 0.3) is 10.9 Å². The fourth-order valence-corrected chi connectivity index (χ4v) is 3.26. The van der Waals surface area contributed by atoms with E-state index in [1.54, 1.807) is 12.1 Å². The Morgan fingerprint density at radius 3 is 2.73 bits per heavy atom. The molecule has 4 rings (SSSR count). The van der Waals surface area contributed by atoms with Crippen molar-refractivity contribution in [3.8, 4) is 0 Å². The summed E-state index contributed by atoms with van der Waals surface area (Å²) < 4.78 is 4.98. The minimum atomic E-state index is -0.0962. The van der Waals surface area contributed by atoms with Gasteiger partial charge in [-0.1, -0.05) is 12.1 Å². The number of para-hydroxylation sites is 1. The Bertz CT molecular complexity index is 956. The van der Waals surface area contributed by atoms with E-state index in [0.717, 1.165) is 25.2 Å². The average molecular weight is 352 g/mol. The van der Waals surface area contributed by atoms with Gasteiger partial charge in [0.15, 0.2) is 0 Å². The summed E-state index contributed by atoms with van der Waals surface area (Å²) in [5.41, 5.74) is 1.22. The third-order valence-corrected chi connectivity index (χ3v) is 4.75. The molecule has 0 radical (unpaired) electrons. The number of furan rings is 1. The van der Waals surface area contributed by atoms with Gasteiger partial charge >= 0.3 is 0 Å². The molecule has 1 saturated heterocycles. The summed E-state index contributed by atoms with van der Waals surface area (Å²) in [6, 6.07) is 9.05. The second-order valence-electron chi connectivity index (χ2n) is 6.43. The molecule has 1 amide bonds. The SMILES string of the molecule is O=C(c1ccoc1)N1CCN(CCc2nc3ccccc3c(=O)[nH]2)CC1. The Hall–Kier alpha value is -2.93. The Labute approximate surface area is 150 Å². The summed E-state index contributed by atoms with van der Waals surface area (Å²) in [4.78, 5) is 36.0. The van der Waals surface area contributed by atoms with E-state index in [9.17, 15) is 9.59 Å². The van der Waals surface area contributed by atoms with Crippen LogP contribution in [0.4, 0.5) is 0 Å². The molecule has 0 atom stereocenters. The van der Waals surface area contributed by atoms with Crippen molar-refractivity contribution in [3.05, 3.63) is 64.6 Å². The highest BCUT2D eigenvalue weighted by molar-refractivity contribution is 5.93. The van der Waals surface area contributed by atoms with E-state index in [1.807, 2.05) is 23.1 Å². The molecule has 2 aromatic heterocycles. The number of carbonyl (C=O) groups excluding carboxylic acids is 1. The lowest BCUT2D eigenvalue weighted by molar-refractivity contribution is 0.0637. The molecule has 1 aromatic carbocycles. The van der Waals surface area contributed by atoms with E-state index in [0.29, 0.717) is 36.3 Å². The predicted molar refractivity (Wildman–Crippen MR) is 97.1 cm³/mol. The Morgan fingerprint density at radius 1 is 1.15 bits per heavy atom. The summed E-state index contributed by atoms with van der Waals surface area (Å²) in [5.74, 6) is 0.713. The molecule has 3 heterocycles.